The van der Waals surface area contributed by atoms with Crippen LogP contribution in [0.2, 0.25) is 0 Å². The highest BCUT2D eigenvalue weighted by Gasteiger charge is 2.11. The Morgan fingerprint density at radius 1 is 1.43 bits per heavy atom. The Bertz CT molecular complexity index is 809. The van der Waals surface area contributed by atoms with Crippen molar-refractivity contribution in [3.8, 4) is 5.75 Å². The predicted octanol–water partition coefficient (Wildman–Crippen LogP) is 0.992. The minimum atomic E-state index is -0.185. The Morgan fingerprint density at radius 2 is 2.29 bits per heavy atom. The molecule has 108 valence electrons. The molecule has 0 aliphatic heterocycles. The van der Waals surface area contributed by atoms with E-state index in [2.05, 4.69) is 15.1 Å². The van der Waals surface area contributed by atoms with Gasteiger partial charge in [-0.3, -0.25) is 19.0 Å². The van der Waals surface area contributed by atoms with Crippen molar-refractivity contribution in [2.75, 3.05) is 0 Å². The summed E-state index contributed by atoms with van der Waals surface area (Å²) in [5.74, 6) is 0.671. The maximum Gasteiger partial charge on any atom is 0.281 e. The maximum absolute atomic E-state index is 12.3. The summed E-state index contributed by atoms with van der Waals surface area (Å²) in [6.45, 7) is 2.29. The third kappa shape index (κ3) is 2.76. The van der Waals surface area contributed by atoms with Crippen molar-refractivity contribution in [2.24, 2.45) is 7.05 Å². The van der Waals surface area contributed by atoms with E-state index in [0.717, 1.165) is 0 Å². The van der Waals surface area contributed by atoms with E-state index in [-0.39, 0.29) is 11.7 Å². The van der Waals surface area contributed by atoms with E-state index < -0.39 is 0 Å². The van der Waals surface area contributed by atoms with Gasteiger partial charge in [0.15, 0.2) is 5.52 Å². The van der Waals surface area contributed by atoms with Crippen molar-refractivity contribution < 1.29 is 4.74 Å². The monoisotopic (exact) mass is 285 g/mol. The minimum absolute atomic E-state index is 0.165. The van der Waals surface area contributed by atoms with Gasteiger partial charge < -0.3 is 4.74 Å². The number of aromatic nitrogens is 5. The Balaban J connectivity index is 1.81. The smallest absolute Gasteiger partial charge is 0.281 e. The topological polar surface area (TPSA) is 74.8 Å². The average Bonchev–Trinajstić information content (AvgIpc) is 2.85. The van der Waals surface area contributed by atoms with Gasteiger partial charge in [-0.1, -0.05) is 0 Å². The van der Waals surface area contributed by atoms with Gasteiger partial charge in [0.05, 0.1) is 25.3 Å². The lowest BCUT2D eigenvalue weighted by Gasteiger charge is -2.15. The molecule has 3 heterocycles. The fourth-order valence-corrected chi connectivity index (χ4v) is 2.14. The lowest BCUT2D eigenvalue weighted by atomic mass is 10.3. The molecule has 0 saturated heterocycles. The molecule has 21 heavy (non-hydrogen) atoms. The second-order valence-corrected chi connectivity index (χ2v) is 4.86. The van der Waals surface area contributed by atoms with Crippen LogP contribution in [0.25, 0.3) is 11.0 Å². The number of ether oxygens (including phenoxy) is 1. The number of fused-ring (bicyclic) bond motifs is 1. The molecule has 0 amide bonds. The van der Waals surface area contributed by atoms with Crippen LogP contribution in [0.3, 0.4) is 0 Å². The van der Waals surface area contributed by atoms with E-state index in [0.29, 0.717) is 23.3 Å². The van der Waals surface area contributed by atoms with Crippen LogP contribution >= 0.6 is 0 Å². The summed E-state index contributed by atoms with van der Waals surface area (Å²) in [6, 6.07) is 3.63. The molecule has 1 atom stereocenters. The summed E-state index contributed by atoms with van der Waals surface area (Å²) >= 11 is 0. The van der Waals surface area contributed by atoms with Gasteiger partial charge in [0.25, 0.3) is 5.56 Å². The van der Waals surface area contributed by atoms with Crippen molar-refractivity contribution in [1.29, 1.82) is 0 Å². The number of rotatable bonds is 4. The lowest BCUT2D eigenvalue weighted by Crippen LogP contribution is -2.28. The maximum atomic E-state index is 12.3. The summed E-state index contributed by atoms with van der Waals surface area (Å²) in [4.78, 5) is 20.5. The van der Waals surface area contributed by atoms with Gasteiger partial charge in [-0.2, -0.15) is 5.10 Å². The van der Waals surface area contributed by atoms with Gasteiger partial charge in [0, 0.05) is 13.2 Å². The fraction of sp³-hybridized carbons (Fsp3) is 0.286. The molecular weight excluding hydrogens is 270 g/mol. The van der Waals surface area contributed by atoms with E-state index in [9.17, 15) is 4.79 Å². The third-order valence-electron chi connectivity index (χ3n) is 3.03. The first kappa shape index (κ1) is 13.3. The van der Waals surface area contributed by atoms with Crippen LogP contribution in [0.4, 0.5) is 0 Å². The quantitative estimate of drug-likeness (QED) is 0.714. The largest absolute Gasteiger partial charge is 0.487 e. The number of hydrogen-bond donors (Lipinski definition) is 0. The van der Waals surface area contributed by atoms with E-state index >= 15 is 0 Å². The van der Waals surface area contributed by atoms with Crippen molar-refractivity contribution in [2.45, 2.75) is 19.6 Å². The molecule has 0 bridgehead atoms. The summed E-state index contributed by atoms with van der Waals surface area (Å²) in [5.41, 5.74) is 0.801. The summed E-state index contributed by atoms with van der Waals surface area (Å²) in [7, 11) is 1.76. The first-order chi connectivity index (χ1) is 10.1. The zero-order chi connectivity index (χ0) is 14.8. The Morgan fingerprint density at radius 3 is 3.05 bits per heavy atom. The van der Waals surface area contributed by atoms with Gasteiger partial charge in [0.2, 0.25) is 0 Å². The minimum Gasteiger partial charge on any atom is -0.487 e. The van der Waals surface area contributed by atoms with Crippen LogP contribution in [-0.2, 0) is 13.6 Å². The molecule has 3 rings (SSSR count). The molecule has 0 N–H and O–H groups in total. The lowest BCUT2D eigenvalue weighted by molar-refractivity contribution is 0.197. The molecule has 7 nitrogen and oxygen atoms in total. The summed E-state index contributed by atoms with van der Waals surface area (Å²) in [6.07, 6.45) is 6.38. The van der Waals surface area contributed by atoms with Crippen LogP contribution in [-0.4, -0.2) is 30.4 Å². The van der Waals surface area contributed by atoms with E-state index in [4.69, 9.17) is 4.74 Å². The number of pyridine rings is 1. The average molecular weight is 285 g/mol. The summed E-state index contributed by atoms with van der Waals surface area (Å²) < 4.78 is 8.81. The zero-order valence-electron chi connectivity index (χ0n) is 11.8. The van der Waals surface area contributed by atoms with E-state index in [1.165, 1.54) is 10.9 Å². The fourth-order valence-electron chi connectivity index (χ4n) is 2.14. The van der Waals surface area contributed by atoms with Gasteiger partial charge in [0.1, 0.15) is 17.4 Å². The highest BCUT2D eigenvalue weighted by molar-refractivity contribution is 5.71. The van der Waals surface area contributed by atoms with Crippen LogP contribution in [0.5, 0.6) is 5.75 Å². The Kier molecular flexibility index (Phi) is 3.39. The molecule has 7 heteroatoms. The highest BCUT2D eigenvalue weighted by Crippen LogP contribution is 2.10. The van der Waals surface area contributed by atoms with Crippen LogP contribution < -0.4 is 10.3 Å². The highest BCUT2D eigenvalue weighted by atomic mass is 16.5. The molecule has 3 aromatic rings. The number of hydrogen-bond acceptors (Lipinski definition) is 5. The van der Waals surface area contributed by atoms with Gasteiger partial charge in [-0.05, 0) is 19.1 Å². The molecule has 0 fully saturated rings. The molecule has 1 unspecified atom stereocenters. The standard InChI is InChI=1S/C14H15N5O2/c1-10(21-11-4-3-5-15-6-11)7-19-9-16-12-8-18(2)17-13(12)14(19)20/h3-6,8-10H,7H2,1-2H3. The molecule has 0 radical (unpaired) electrons. The predicted molar refractivity (Wildman–Crippen MR) is 77.1 cm³/mol. The van der Waals surface area contributed by atoms with Crippen molar-refractivity contribution in [3.63, 3.8) is 0 Å². The van der Waals surface area contributed by atoms with Crippen LogP contribution in [0, 0.1) is 0 Å². The number of aryl methyl sites for hydroxylation is 1. The Hall–Kier alpha value is -2.70. The second kappa shape index (κ2) is 5.35. The SMILES string of the molecule is CC(Cn1cnc2cn(C)nc2c1=O)Oc1cccnc1. The summed E-state index contributed by atoms with van der Waals surface area (Å²) in [5, 5.41) is 4.13. The first-order valence-corrected chi connectivity index (χ1v) is 6.59. The molecule has 0 saturated carbocycles. The van der Waals surface area contributed by atoms with Gasteiger partial charge >= 0.3 is 0 Å². The molecule has 0 spiro atoms. The second-order valence-electron chi connectivity index (χ2n) is 4.86. The molecule has 3 aromatic heterocycles. The van der Waals surface area contributed by atoms with Crippen molar-refractivity contribution in [1.82, 2.24) is 24.3 Å². The third-order valence-corrected chi connectivity index (χ3v) is 3.03. The zero-order valence-corrected chi connectivity index (χ0v) is 11.8. The van der Waals surface area contributed by atoms with Crippen LogP contribution in [0.15, 0.2) is 41.8 Å². The van der Waals surface area contributed by atoms with Gasteiger partial charge in [-0.15, -0.1) is 0 Å². The molecular formula is C14H15N5O2. The van der Waals surface area contributed by atoms with Crippen molar-refractivity contribution >= 4 is 11.0 Å². The van der Waals surface area contributed by atoms with E-state index in [1.807, 2.05) is 13.0 Å². The normalized spacial score (nSPS) is 12.5. The number of nitrogens with zero attached hydrogens (tertiary/aromatic N) is 5. The Labute approximate surface area is 120 Å². The van der Waals surface area contributed by atoms with E-state index in [1.54, 1.807) is 36.4 Å². The van der Waals surface area contributed by atoms with Crippen molar-refractivity contribution in [3.05, 3.63) is 47.4 Å². The molecule has 0 aromatic carbocycles. The van der Waals surface area contributed by atoms with Gasteiger partial charge in [-0.25, -0.2) is 4.98 Å². The molecule has 0 aliphatic rings. The van der Waals surface area contributed by atoms with Crippen LogP contribution in [0.1, 0.15) is 6.92 Å². The molecule has 0 aliphatic carbocycles. The first-order valence-electron chi connectivity index (χ1n) is 6.59.